The monoisotopic (exact) mass is 343 g/mol. The standard InChI is InChI=1S/C11H22NO9P/c13-8(14)1-4-22(5-2-9(15)16,6-3-10(17)18)7-12-11(19,20)21/h12,19-22H,1-7H2,(H,13,14)(H,15,16)(H,17,18). The molecule has 0 spiro atoms. The third kappa shape index (κ3) is 10.4. The summed E-state index contributed by atoms with van der Waals surface area (Å²) < 4.78 is 0. The van der Waals surface area contributed by atoms with Crippen molar-refractivity contribution in [1.29, 1.82) is 0 Å². The second kappa shape index (κ2) is 8.96. The quantitative estimate of drug-likeness (QED) is 0.159. The fraction of sp³-hybridized carbons (Fsp3) is 0.727. The number of aliphatic hydroxyl groups is 3. The van der Waals surface area contributed by atoms with E-state index in [9.17, 15) is 14.4 Å². The number of nitrogens with one attached hydrogen (secondary N) is 1. The minimum absolute atomic E-state index is 0.0615. The van der Waals surface area contributed by atoms with Crippen molar-refractivity contribution in [2.75, 3.05) is 24.8 Å². The number of carboxylic acid groups (broad SMARTS) is 3. The van der Waals surface area contributed by atoms with E-state index in [4.69, 9.17) is 30.6 Å². The van der Waals surface area contributed by atoms with Gasteiger partial charge in [0.25, 0.3) is 0 Å². The van der Waals surface area contributed by atoms with Crippen molar-refractivity contribution >= 4 is 25.2 Å². The Morgan fingerprint density at radius 2 is 1.09 bits per heavy atom. The molecule has 0 aromatic carbocycles. The van der Waals surface area contributed by atoms with Gasteiger partial charge in [-0.2, -0.15) is 0 Å². The van der Waals surface area contributed by atoms with Gasteiger partial charge >= 0.3 is 126 Å². The van der Waals surface area contributed by atoms with E-state index >= 15 is 0 Å². The molecule has 0 atom stereocenters. The van der Waals surface area contributed by atoms with Crippen LogP contribution in [-0.2, 0) is 14.4 Å². The Kier molecular flexibility index (Phi) is 8.43. The number of hydrogen-bond donors (Lipinski definition) is 7. The fourth-order valence-electron chi connectivity index (χ4n) is 2.06. The zero-order chi connectivity index (χ0) is 17.4. The summed E-state index contributed by atoms with van der Waals surface area (Å²) in [5.74, 6) is -3.36. The fourth-order valence-corrected chi connectivity index (χ4v) is 6.19. The number of carboxylic acids is 3. The van der Waals surface area contributed by atoms with E-state index in [0.29, 0.717) is 0 Å². The van der Waals surface area contributed by atoms with Crippen molar-refractivity contribution in [1.82, 2.24) is 5.32 Å². The zero-order valence-electron chi connectivity index (χ0n) is 11.9. The number of carbonyl (C=O) groups is 3. The van der Waals surface area contributed by atoms with Crippen LogP contribution >= 0.6 is 7.26 Å². The second-order valence-corrected chi connectivity index (χ2v) is 10.0. The van der Waals surface area contributed by atoms with Gasteiger partial charge in [-0.05, 0) is 0 Å². The van der Waals surface area contributed by atoms with Crippen LogP contribution in [0.3, 0.4) is 0 Å². The van der Waals surface area contributed by atoms with Crippen molar-refractivity contribution in [3.63, 3.8) is 0 Å². The predicted octanol–water partition coefficient (Wildman–Crippen LogP) is -1.70. The van der Waals surface area contributed by atoms with Crippen LogP contribution in [0.2, 0.25) is 0 Å². The minimum atomic E-state index is -3.19. The van der Waals surface area contributed by atoms with Crippen molar-refractivity contribution in [2.24, 2.45) is 0 Å². The van der Waals surface area contributed by atoms with Crippen LogP contribution in [0.15, 0.2) is 0 Å². The van der Waals surface area contributed by atoms with Crippen molar-refractivity contribution in [2.45, 2.75) is 25.4 Å². The van der Waals surface area contributed by atoms with E-state index < -0.39 is 31.3 Å². The second-order valence-electron chi connectivity index (χ2n) is 5.17. The number of aliphatic carboxylic acids is 3. The van der Waals surface area contributed by atoms with E-state index in [0.717, 1.165) is 0 Å². The molecule has 0 aliphatic heterocycles. The normalized spacial score (nSPS) is 12.9. The SMILES string of the molecule is O=C(O)CC[PH](CCC(=O)O)(CCC(=O)O)CNC(O)(O)O. The van der Waals surface area contributed by atoms with Crippen LogP contribution in [0.5, 0.6) is 0 Å². The van der Waals surface area contributed by atoms with E-state index in [1.165, 1.54) is 0 Å². The molecule has 22 heavy (non-hydrogen) atoms. The molecule has 0 radical (unpaired) electrons. The van der Waals surface area contributed by atoms with Gasteiger partial charge in [-0.1, -0.05) is 0 Å². The molecular weight excluding hydrogens is 321 g/mol. The number of rotatable bonds is 12. The van der Waals surface area contributed by atoms with Gasteiger partial charge in [0.1, 0.15) is 0 Å². The van der Waals surface area contributed by atoms with Crippen molar-refractivity contribution in [3.8, 4) is 0 Å². The van der Waals surface area contributed by atoms with Gasteiger partial charge in [0, 0.05) is 0 Å². The summed E-state index contributed by atoms with van der Waals surface area (Å²) in [4.78, 5) is 32.2. The summed E-state index contributed by atoms with van der Waals surface area (Å²) in [6.45, 7) is 0. The Labute approximate surface area is 126 Å². The molecule has 0 saturated heterocycles. The molecule has 0 aliphatic rings. The van der Waals surface area contributed by atoms with Crippen LogP contribution in [0, 0.1) is 0 Å². The zero-order valence-corrected chi connectivity index (χ0v) is 12.9. The van der Waals surface area contributed by atoms with Crippen molar-refractivity contribution < 1.29 is 45.0 Å². The first-order chi connectivity index (χ1) is 9.96. The summed E-state index contributed by atoms with van der Waals surface area (Å²) in [5, 5.41) is 55.0. The van der Waals surface area contributed by atoms with Gasteiger partial charge < -0.3 is 0 Å². The van der Waals surface area contributed by atoms with Gasteiger partial charge in [0.15, 0.2) is 0 Å². The maximum atomic E-state index is 10.7. The van der Waals surface area contributed by atoms with Crippen LogP contribution in [-0.4, -0.2) is 79.4 Å². The molecule has 0 amide bonds. The predicted molar refractivity (Wildman–Crippen MR) is 77.1 cm³/mol. The van der Waals surface area contributed by atoms with E-state index in [1.54, 1.807) is 0 Å². The molecule has 0 aromatic rings. The average Bonchev–Trinajstić information content (AvgIpc) is 2.35. The first kappa shape index (κ1) is 20.7. The third-order valence-corrected chi connectivity index (χ3v) is 8.17. The summed E-state index contributed by atoms with van der Waals surface area (Å²) >= 11 is 0. The molecule has 0 fully saturated rings. The molecule has 0 heterocycles. The molecule has 0 aromatic heterocycles. The van der Waals surface area contributed by atoms with Gasteiger partial charge in [-0.25, -0.2) is 0 Å². The Morgan fingerprint density at radius 3 is 1.32 bits per heavy atom. The van der Waals surface area contributed by atoms with Crippen molar-refractivity contribution in [3.05, 3.63) is 0 Å². The van der Waals surface area contributed by atoms with Gasteiger partial charge in [-0.15, -0.1) is 0 Å². The first-order valence-electron chi connectivity index (χ1n) is 6.53. The van der Waals surface area contributed by atoms with Crippen LogP contribution in [0.4, 0.5) is 0 Å². The van der Waals surface area contributed by atoms with Crippen LogP contribution in [0.1, 0.15) is 19.3 Å². The summed E-state index contributed by atoms with van der Waals surface area (Å²) in [5.41, 5.74) is 0. The Bertz CT molecular complexity index is 361. The molecule has 130 valence electrons. The molecule has 7 N–H and O–H groups in total. The summed E-state index contributed by atoms with van der Waals surface area (Å²) in [6, 6.07) is 0. The molecule has 0 saturated carbocycles. The van der Waals surface area contributed by atoms with Crippen LogP contribution in [0.25, 0.3) is 0 Å². The van der Waals surface area contributed by atoms with E-state index in [-0.39, 0.29) is 44.0 Å². The Morgan fingerprint density at radius 1 is 0.773 bits per heavy atom. The number of hydrogen-bond acceptors (Lipinski definition) is 7. The Hall–Kier alpha value is -1.32. The molecule has 10 nitrogen and oxygen atoms in total. The van der Waals surface area contributed by atoms with Crippen LogP contribution < -0.4 is 5.32 Å². The topological polar surface area (TPSA) is 185 Å². The molecule has 0 aliphatic carbocycles. The van der Waals surface area contributed by atoms with E-state index in [2.05, 4.69) is 0 Å². The van der Waals surface area contributed by atoms with Gasteiger partial charge in [0.2, 0.25) is 0 Å². The Balaban J connectivity index is 5.11. The molecular formula is C11H22NO9P. The average molecular weight is 343 g/mol. The maximum absolute atomic E-state index is 10.7. The van der Waals surface area contributed by atoms with E-state index in [1.807, 2.05) is 5.32 Å². The molecule has 11 heteroatoms. The third-order valence-electron chi connectivity index (χ3n) is 3.31. The van der Waals surface area contributed by atoms with Gasteiger partial charge in [-0.3, -0.25) is 0 Å². The molecule has 0 unspecified atom stereocenters. The van der Waals surface area contributed by atoms with Gasteiger partial charge in [0.05, 0.1) is 0 Å². The summed E-state index contributed by atoms with van der Waals surface area (Å²) in [6.07, 6.45) is -4.09. The first-order valence-corrected chi connectivity index (χ1v) is 9.36. The molecule has 0 bridgehead atoms. The molecule has 0 rings (SSSR count). The summed E-state index contributed by atoms with van der Waals surface area (Å²) in [7, 11) is -2.83.